The summed E-state index contributed by atoms with van der Waals surface area (Å²) in [5.41, 5.74) is 0.617. The summed E-state index contributed by atoms with van der Waals surface area (Å²) in [4.78, 5) is 50.8. The van der Waals surface area contributed by atoms with Crippen LogP contribution in [0.25, 0.3) is 10.9 Å². The average molecular weight is 658 g/mol. The van der Waals surface area contributed by atoms with E-state index in [9.17, 15) is 23.2 Å². The lowest BCUT2D eigenvalue weighted by Gasteiger charge is -2.35. The summed E-state index contributed by atoms with van der Waals surface area (Å²) in [6.07, 6.45) is 7.07. The number of halogens is 3. The first-order valence-electron chi connectivity index (χ1n) is 15.4. The van der Waals surface area contributed by atoms with Gasteiger partial charge in [0.1, 0.15) is 40.8 Å². The Labute approximate surface area is 270 Å². The van der Waals surface area contributed by atoms with Crippen LogP contribution < -0.4 is 26.0 Å². The predicted octanol–water partition coefficient (Wildman–Crippen LogP) is 4.92. The van der Waals surface area contributed by atoms with Crippen molar-refractivity contribution < 1.29 is 27.9 Å². The number of anilines is 3. The van der Waals surface area contributed by atoms with Gasteiger partial charge in [-0.25, -0.2) is 18.7 Å². The molecule has 0 bridgehead atoms. The molecule has 3 aromatic rings. The average Bonchev–Trinajstić information content (AvgIpc) is 3.57. The summed E-state index contributed by atoms with van der Waals surface area (Å²) < 4.78 is 34.0. The molecular formula is C32H38ClF2N7O4. The van der Waals surface area contributed by atoms with E-state index in [4.69, 9.17) is 16.3 Å². The molecule has 1 aliphatic carbocycles. The second-order valence-corrected chi connectivity index (χ2v) is 12.1. The number of likely N-dealkylation sites (N-methyl/N-ethyl adjacent to an activating group) is 1. The van der Waals surface area contributed by atoms with Gasteiger partial charge in [-0.1, -0.05) is 30.9 Å². The molecule has 0 unspecified atom stereocenters. The van der Waals surface area contributed by atoms with E-state index in [1.807, 2.05) is 0 Å². The first-order chi connectivity index (χ1) is 22.1. The monoisotopic (exact) mass is 657 g/mol. The van der Waals surface area contributed by atoms with Crippen LogP contribution >= 0.6 is 11.6 Å². The number of methoxy groups -OCH3 is 1. The molecule has 0 spiro atoms. The molecule has 1 saturated carbocycles. The van der Waals surface area contributed by atoms with E-state index in [0.29, 0.717) is 36.0 Å². The predicted molar refractivity (Wildman–Crippen MR) is 171 cm³/mol. The summed E-state index contributed by atoms with van der Waals surface area (Å²) in [6.45, 7) is 2.12. The molecule has 46 heavy (non-hydrogen) atoms. The maximum Gasteiger partial charge on any atom is 0.247 e. The third-order valence-corrected chi connectivity index (χ3v) is 9.20. The van der Waals surface area contributed by atoms with Crippen molar-refractivity contribution in [1.29, 1.82) is 0 Å². The Kier molecular flexibility index (Phi) is 10.5. The number of amides is 3. The first-order valence-corrected chi connectivity index (χ1v) is 15.8. The third kappa shape index (κ3) is 7.00. The molecule has 3 atom stereocenters. The Morgan fingerprint density at radius 2 is 1.80 bits per heavy atom. The van der Waals surface area contributed by atoms with Gasteiger partial charge in [-0.2, -0.15) is 0 Å². The zero-order valence-corrected chi connectivity index (χ0v) is 26.7. The SMILES string of the molecule is CN[C@@H](C)C(=O)N[C@H](C(=O)N1CCC[C@H]1C(=O)Nc1cc2c(Nc3ccc(F)c(Cl)c3F)ncnc2cc1OC)C1CCCCC1. The minimum atomic E-state index is -0.982. The topological polar surface area (TPSA) is 138 Å². The quantitative estimate of drug-likeness (QED) is 0.226. The fraction of sp³-hybridized carbons (Fsp3) is 0.469. The number of carbonyl (C=O) groups is 3. The number of hydrogen-bond donors (Lipinski definition) is 4. The van der Waals surface area contributed by atoms with Gasteiger partial charge in [0.05, 0.1) is 30.0 Å². The molecule has 246 valence electrons. The van der Waals surface area contributed by atoms with Gasteiger partial charge in [0, 0.05) is 18.0 Å². The van der Waals surface area contributed by atoms with Crippen molar-refractivity contribution in [2.45, 2.75) is 70.0 Å². The number of nitrogens with one attached hydrogen (secondary N) is 4. The molecule has 5 rings (SSSR count). The van der Waals surface area contributed by atoms with Crippen molar-refractivity contribution in [2.24, 2.45) is 5.92 Å². The fourth-order valence-corrected chi connectivity index (χ4v) is 6.32. The van der Waals surface area contributed by atoms with Crippen LogP contribution in [-0.4, -0.2) is 71.4 Å². The van der Waals surface area contributed by atoms with Gasteiger partial charge in [0.25, 0.3) is 0 Å². The molecule has 1 aromatic heterocycles. The number of ether oxygens (including phenoxy) is 1. The number of benzene rings is 2. The molecular weight excluding hydrogens is 620 g/mol. The zero-order chi connectivity index (χ0) is 33.0. The molecule has 2 aromatic carbocycles. The molecule has 2 aliphatic rings. The number of aromatic nitrogens is 2. The zero-order valence-electron chi connectivity index (χ0n) is 26.0. The summed E-state index contributed by atoms with van der Waals surface area (Å²) in [5, 5.41) is 11.4. The van der Waals surface area contributed by atoms with Crippen LogP contribution in [0.1, 0.15) is 51.9 Å². The lowest BCUT2D eigenvalue weighted by atomic mass is 9.83. The minimum Gasteiger partial charge on any atom is -0.494 e. The van der Waals surface area contributed by atoms with Crippen LogP contribution in [0.4, 0.5) is 26.0 Å². The van der Waals surface area contributed by atoms with Crippen molar-refractivity contribution in [2.75, 3.05) is 31.3 Å². The third-order valence-electron chi connectivity index (χ3n) is 8.85. The van der Waals surface area contributed by atoms with Crippen LogP contribution in [0, 0.1) is 17.6 Å². The highest BCUT2D eigenvalue weighted by Crippen LogP contribution is 2.36. The number of carbonyl (C=O) groups excluding carboxylic acids is 3. The number of likely N-dealkylation sites (tertiary alicyclic amines) is 1. The van der Waals surface area contributed by atoms with Crippen molar-refractivity contribution in [1.82, 2.24) is 25.5 Å². The van der Waals surface area contributed by atoms with Gasteiger partial charge in [-0.3, -0.25) is 14.4 Å². The van der Waals surface area contributed by atoms with Crippen LogP contribution in [0.5, 0.6) is 5.75 Å². The van der Waals surface area contributed by atoms with E-state index in [1.54, 1.807) is 31.0 Å². The summed E-state index contributed by atoms with van der Waals surface area (Å²) >= 11 is 5.76. The molecule has 0 radical (unpaired) electrons. The molecule has 11 nitrogen and oxygen atoms in total. The Morgan fingerprint density at radius 1 is 1.04 bits per heavy atom. The lowest BCUT2D eigenvalue weighted by Crippen LogP contribution is -2.57. The summed E-state index contributed by atoms with van der Waals surface area (Å²) in [7, 11) is 3.13. The molecule has 3 amide bonds. The number of rotatable bonds is 10. The van der Waals surface area contributed by atoms with E-state index in [0.717, 1.165) is 38.2 Å². The highest BCUT2D eigenvalue weighted by Gasteiger charge is 2.41. The van der Waals surface area contributed by atoms with Gasteiger partial charge in [-0.05, 0) is 63.8 Å². The highest BCUT2D eigenvalue weighted by atomic mass is 35.5. The maximum atomic E-state index is 14.7. The van der Waals surface area contributed by atoms with Crippen molar-refractivity contribution >= 4 is 57.4 Å². The Morgan fingerprint density at radius 3 is 2.52 bits per heavy atom. The van der Waals surface area contributed by atoms with Gasteiger partial charge >= 0.3 is 0 Å². The largest absolute Gasteiger partial charge is 0.494 e. The van der Waals surface area contributed by atoms with Crippen LogP contribution in [0.2, 0.25) is 5.02 Å². The van der Waals surface area contributed by atoms with Crippen LogP contribution in [0.15, 0.2) is 30.6 Å². The number of fused-ring (bicyclic) bond motifs is 1. The first kappa shape index (κ1) is 33.3. The molecule has 4 N–H and O–H groups in total. The van der Waals surface area contributed by atoms with E-state index in [-0.39, 0.29) is 34.9 Å². The Bertz CT molecular complexity index is 1620. The van der Waals surface area contributed by atoms with Crippen LogP contribution in [0.3, 0.4) is 0 Å². The molecule has 2 fully saturated rings. The van der Waals surface area contributed by atoms with Gasteiger partial charge in [0.2, 0.25) is 17.7 Å². The number of nitrogens with zero attached hydrogens (tertiary/aromatic N) is 3. The van der Waals surface area contributed by atoms with E-state index >= 15 is 0 Å². The maximum absolute atomic E-state index is 14.7. The second-order valence-electron chi connectivity index (χ2n) is 11.7. The summed E-state index contributed by atoms with van der Waals surface area (Å²) in [5.74, 6) is -2.33. The smallest absolute Gasteiger partial charge is 0.247 e. The van der Waals surface area contributed by atoms with E-state index in [1.165, 1.54) is 19.5 Å². The summed E-state index contributed by atoms with van der Waals surface area (Å²) in [6, 6.07) is 3.45. The molecule has 14 heteroatoms. The van der Waals surface area contributed by atoms with Crippen molar-refractivity contribution in [3.05, 3.63) is 47.2 Å². The number of hydrogen-bond acceptors (Lipinski definition) is 8. The molecule has 1 saturated heterocycles. The minimum absolute atomic E-state index is 0.00843. The molecule has 2 heterocycles. The van der Waals surface area contributed by atoms with Gasteiger partial charge in [0.15, 0.2) is 5.82 Å². The van der Waals surface area contributed by atoms with Crippen molar-refractivity contribution in [3.8, 4) is 5.75 Å². The Balaban J connectivity index is 1.40. The molecule has 1 aliphatic heterocycles. The van der Waals surface area contributed by atoms with Gasteiger partial charge in [-0.15, -0.1) is 0 Å². The normalized spacial score (nSPS) is 18.2. The highest BCUT2D eigenvalue weighted by molar-refractivity contribution is 6.31. The second kappa shape index (κ2) is 14.5. The van der Waals surface area contributed by atoms with Crippen molar-refractivity contribution in [3.63, 3.8) is 0 Å². The van der Waals surface area contributed by atoms with Crippen LogP contribution in [-0.2, 0) is 14.4 Å². The fourth-order valence-electron chi connectivity index (χ4n) is 6.16. The van der Waals surface area contributed by atoms with E-state index < -0.39 is 40.7 Å². The van der Waals surface area contributed by atoms with Gasteiger partial charge < -0.3 is 30.9 Å². The Hall–Kier alpha value is -4.10. The standard InChI is InChI=1S/C32H38ClF2N7O4/c1-17(36-2)30(43)41-28(18-8-5-4-6-9-18)32(45)42-13-7-10-24(42)31(44)40-23-14-19-22(15-25(23)46-3)37-16-38-29(19)39-21-12-11-20(34)26(33)27(21)35/h11-12,14-18,24,28,36H,4-10,13H2,1-3H3,(H,40,44)(H,41,43)(H,37,38,39)/t17-,24-,28-/m0/s1. The van der Waals surface area contributed by atoms with E-state index in [2.05, 4.69) is 31.2 Å². The lowest BCUT2D eigenvalue weighted by molar-refractivity contribution is -0.142.